The molecule has 0 saturated carbocycles. The van der Waals surface area contributed by atoms with E-state index in [4.69, 9.17) is 15.0 Å². The van der Waals surface area contributed by atoms with Gasteiger partial charge >= 0.3 is 6.01 Å². The van der Waals surface area contributed by atoms with Gasteiger partial charge in [0, 0.05) is 29.8 Å². The van der Waals surface area contributed by atoms with E-state index < -0.39 is 25.5 Å². The molecular formula is C17H18N4O5S2. The van der Waals surface area contributed by atoms with Crippen LogP contribution in [0.4, 0.5) is 0 Å². The quantitative estimate of drug-likeness (QED) is 0.712. The minimum atomic E-state index is -4.09. The number of sulfonamides is 2. The van der Waals surface area contributed by atoms with Gasteiger partial charge in [-0.05, 0) is 17.7 Å². The third-order valence-corrected chi connectivity index (χ3v) is 6.46. The summed E-state index contributed by atoms with van der Waals surface area (Å²) in [5.41, 5.74) is -0.474. The van der Waals surface area contributed by atoms with Crippen molar-refractivity contribution in [2.75, 3.05) is 7.11 Å². The van der Waals surface area contributed by atoms with Gasteiger partial charge in [0.25, 0.3) is 0 Å². The largest absolute Gasteiger partial charge is 0.467 e. The van der Waals surface area contributed by atoms with Gasteiger partial charge in [-0.25, -0.2) is 37.1 Å². The van der Waals surface area contributed by atoms with Crippen LogP contribution in [0.15, 0.2) is 64.7 Å². The highest BCUT2D eigenvalue weighted by atomic mass is 32.2. The minimum Gasteiger partial charge on any atom is -0.467 e. The van der Waals surface area contributed by atoms with Crippen LogP contribution >= 0.6 is 0 Å². The number of nitrogens with two attached hydrogens (primary N) is 2. The molecule has 2 aromatic rings. The number of aromatic nitrogens is 2. The van der Waals surface area contributed by atoms with E-state index in [-0.39, 0.29) is 27.8 Å². The van der Waals surface area contributed by atoms with Crippen LogP contribution in [0.1, 0.15) is 17.5 Å². The Kier molecular flexibility index (Phi) is 5.10. The zero-order chi connectivity index (χ0) is 20.6. The molecule has 0 spiro atoms. The lowest BCUT2D eigenvalue weighted by Gasteiger charge is -2.35. The Morgan fingerprint density at radius 2 is 1.68 bits per heavy atom. The standard InChI is InChI=1S/C17H18N4O5S2/c1-26-16-20-10-12(11-21-16)17(8-4-5-13(9-17)27(18,22)23)14-6-2-3-7-15(14)28(19,24)25/h2-8,10-11H,9H2,1H3,(H2,18,22,23)(H2,19,24,25). The fourth-order valence-corrected chi connectivity index (χ4v) is 4.70. The molecule has 0 saturated heterocycles. The van der Waals surface area contributed by atoms with Crippen LogP contribution in [0.3, 0.4) is 0 Å². The van der Waals surface area contributed by atoms with Crippen molar-refractivity contribution in [1.82, 2.24) is 9.97 Å². The second-order valence-electron chi connectivity index (χ2n) is 6.18. The topological polar surface area (TPSA) is 155 Å². The summed E-state index contributed by atoms with van der Waals surface area (Å²) in [6, 6.07) is 6.21. The van der Waals surface area contributed by atoms with E-state index in [1.165, 1.54) is 43.8 Å². The SMILES string of the molecule is COc1ncc(C2(c3ccccc3S(N)(=O)=O)C=CC=C(S(N)(=O)=O)C2)cn1. The molecule has 0 amide bonds. The van der Waals surface area contributed by atoms with Gasteiger partial charge in [-0.1, -0.05) is 30.4 Å². The second-order valence-corrected chi connectivity index (χ2v) is 9.33. The Labute approximate surface area is 162 Å². The van der Waals surface area contributed by atoms with Gasteiger partial charge in [0.15, 0.2) is 0 Å². The first-order chi connectivity index (χ1) is 13.1. The van der Waals surface area contributed by atoms with Gasteiger partial charge in [-0.2, -0.15) is 0 Å². The summed E-state index contributed by atoms with van der Waals surface area (Å²) in [7, 11) is -6.70. The first-order valence-electron chi connectivity index (χ1n) is 7.98. The number of nitrogens with zero attached hydrogens (tertiary/aromatic N) is 2. The number of primary sulfonamides is 2. The maximum Gasteiger partial charge on any atom is 0.316 e. The third-order valence-electron chi connectivity index (χ3n) is 4.48. The summed E-state index contributed by atoms with van der Waals surface area (Å²) < 4.78 is 53.4. The molecule has 1 unspecified atom stereocenters. The maximum absolute atomic E-state index is 12.2. The summed E-state index contributed by atoms with van der Waals surface area (Å²) >= 11 is 0. The molecule has 11 heteroatoms. The zero-order valence-corrected chi connectivity index (χ0v) is 16.4. The Morgan fingerprint density at radius 1 is 1.04 bits per heavy atom. The summed E-state index contributed by atoms with van der Waals surface area (Å²) in [5.74, 6) is 0. The van der Waals surface area contributed by atoms with Crippen molar-refractivity contribution in [3.05, 3.63) is 70.9 Å². The minimum absolute atomic E-state index is 0.0601. The second kappa shape index (κ2) is 7.09. The average Bonchev–Trinajstić information content (AvgIpc) is 2.67. The van der Waals surface area contributed by atoms with Crippen LogP contribution in [-0.2, 0) is 25.5 Å². The van der Waals surface area contributed by atoms with Gasteiger partial charge in [-0.3, -0.25) is 0 Å². The molecule has 0 bridgehead atoms. The van der Waals surface area contributed by atoms with Crippen molar-refractivity contribution < 1.29 is 21.6 Å². The molecule has 3 rings (SSSR count). The van der Waals surface area contributed by atoms with E-state index >= 15 is 0 Å². The normalized spacial score (nSPS) is 19.9. The molecule has 28 heavy (non-hydrogen) atoms. The van der Waals surface area contributed by atoms with Crippen molar-refractivity contribution >= 4 is 20.0 Å². The monoisotopic (exact) mass is 422 g/mol. The van der Waals surface area contributed by atoms with Gasteiger partial charge in [0.05, 0.1) is 16.9 Å². The molecule has 0 fully saturated rings. The number of hydrogen-bond acceptors (Lipinski definition) is 7. The third kappa shape index (κ3) is 3.69. The van der Waals surface area contributed by atoms with E-state index in [9.17, 15) is 16.8 Å². The van der Waals surface area contributed by atoms with Crippen LogP contribution < -0.4 is 15.0 Å². The Hall–Kier alpha value is -2.60. The Balaban J connectivity index is 2.32. The first kappa shape index (κ1) is 20.1. The molecule has 148 valence electrons. The van der Waals surface area contributed by atoms with Crippen molar-refractivity contribution in [2.45, 2.75) is 16.7 Å². The molecule has 1 aromatic carbocycles. The van der Waals surface area contributed by atoms with Gasteiger partial charge in [0.2, 0.25) is 20.0 Å². The summed E-state index contributed by atoms with van der Waals surface area (Å²) in [6.45, 7) is 0. The highest BCUT2D eigenvalue weighted by Crippen LogP contribution is 2.44. The highest BCUT2D eigenvalue weighted by Gasteiger charge is 2.40. The van der Waals surface area contributed by atoms with Crippen molar-refractivity contribution in [3.63, 3.8) is 0 Å². The molecule has 0 aliphatic heterocycles. The predicted octanol–water partition coefficient (Wildman–Crippen LogP) is 0.551. The summed E-state index contributed by atoms with van der Waals surface area (Å²) in [4.78, 5) is 7.95. The van der Waals surface area contributed by atoms with Crippen LogP contribution in [0, 0.1) is 0 Å². The first-order valence-corrected chi connectivity index (χ1v) is 11.1. The Bertz CT molecular complexity index is 1170. The van der Waals surface area contributed by atoms with Crippen LogP contribution in [-0.4, -0.2) is 33.9 Å². The molecule has 1 atom stereocenters. The van der Waals surface area contributed by atoms with E-state index in [1.807, 2.05) is 0 Å². The highest BCUT2D eigenvalue weighted by molar-refractivity contribution is 7.93. The number of allylic oxidation sites excluding steroid dienone is 4. The molecular weight excluding hydrogens is 404 g/mol. The number of methoxy groups -OCH3 is 1. The lowest BCUT2D eigenvalue weighted by atomic mass is 9.71. The molecule has 9 nitrogen and oxygen atoms in total. The molecule has 0 radical (unpaired) electrons. The van der Waals surface area contributed by atoms with Crippen LogP contribution in [0.25, 0.3) is 0 Å². The van der Waals surface area contributed by atoms with E-state index in [0.717, 1.165) is 0 Å². The van der Waals surface area contributed by atoms with Crippen LogP contribution in [0.2, 0.25) is 0 Å². The van der Waals surface area contributed by atoms with Gasteiger partial charge < -0.3 is 4.74 Å². The smallest absolute Gasteiger partial charge is 0.316 e. The van der Waals surface area contributed by atoms with Gasteiger partial charge in [-0.15, -0.1) is 0 Å². The van der Waals surface area contributed by atoms with Crippen LogP contribution in [0.5, 0.6) is 6.01 Å². The average molecular weight is 422 g/mol. The molecule has 1 aromatic heterocycles. The Morgan fingerprint density at radius 3 is 2.25 bits per heavy atom. The van der Waals surface area contributed by atoms with Crippen molar-refractivity contribution in [2.24, 2.45) is 10.3 Å². The van der Waals surface area contributed by atoms with Crippen molar-refractivity contribution in [3.8, 4) is 6.01 Å². The van der Waals surface area contributed by atoms with Crippen molar-refractivity contribution in [1.29, 1.82) is 0 Å². The predicted molar refractivity (Wildman–Crippen MR) is 102 cm³/mol. The molecule has 1 heterocycles. The van der Waals surface area contributed by atoms with E-state index in [1.54, 1.807) is 18.2 Å². The molecule has 1 aliphatic carbocycles. The fraction of sp³-hybridized carbons (Fsp3) is 0.176. The number of rotatable bonds is 5. The number of ether oxygens (including phenoxy) is 1. The molecule has 1 aliphatic rings. The lowest BCUT2D eigenvalue weighted by Crippen LogP contribution is -2.33. The summed E-state index contributed by atoms with van der Waals surface area (Å²) in [6.07, 6.45) is 7.33. The maximum atomic E-state index is 12.2. The fourth-order valence-electron chi connectivity index (χ4n) is 3.18. The number of benzene rings is 1. The summed E-state index contributed by atoms with van der Waals surface area (Å²) in [5, 5.41) is 10.7. The van der Waals surface area contributed by atoms with E-state index in [0.29, 0.717) is 5.56 Å². The number of hydrogen-bond donors (Lipinski definition) is 2. The van der Waals surface area contributed by atoms with Gasteiger partial charge in [0.1, 0.15) is 0 Å². The molecule has 4 N–H and O–H groups in total. The van der Waals surface area contributed by atoms with E-state index in [2.05, 4.69) is 9.97 Å². The zero-order valence-electron chi connectivity index (χ0n) is 14.8. The lowest BCUT2D eigenvalue weighted by molar-refractivity contribution is 0.378.